The number of carbonyl (C=O) groups is 2. The largest absolute Gasteiger partial charge is 0.459 e. The first kappa shape index (κ1) is 48.6. The maximum Gasteiger partial charge on any atom is 0.335 e. The maximum absolute atomic E-state index is 13.0. The van der Waals surface area contributed by atoms with Crippen LogP contribution in [0, 0.1) is 11.6 Å². The summed E-state index contributed by atoms with van der Waals surface area (Å²) in [6.07, 6.45) is -2.07. The van der Waals surface area contributed by atoms with Crippen molar-refractivity contribution in [2.45, 2.75) is 84.6 Å². The third kappa shape index (κ3) is 16.9. The number of hydrogen-bond acceptors (Lipinski definition) is 6. The fourth-order valence-corrected chi connectivity index (χ4v) is 5.21. The average molecular weight is 833 g/mol. The lowest BCUT2D eigenvalue weighted by Gasteiger charge is -2.21. The summed E-state index contributed by atoms with van der Waals surface area (Å²) in [5, 5.41) is 20.7. The fourth-order valence-electron chi connectivity index (χ4n) is 5.21. The minimum atomic E-state index is -1.21. The van der Waals surface area contributed by atoms with Crippen LogP contribution >= 0.6 is 0 Å². The Balaban J connectivity index is 0.000000273. The number of hydrogen-bond donors (Lipinski definition) is 2. The van der Waals surface area contributed by atoms with Crippen LogP contribution < -0.4 is 0 Å². The Morgan fingerprint density at radius 3 is 1.03 bits per heavy atom. The summed E-state index contributed by atoms with van der Waals surface area (Å²) in [5.41, 5.74) is 7.07. The molecule has 0 aliphatic heterocycles. The van der Waals surface area contributed by atoms with Crippen molar-refractivity contribution in [1.82, 2.24) is 0 Å². The van der Waals surface area contributed by atoms with E-state index in [1.54, 1.807) is 24.3 Å². The highest BCUT2D eigenvalue weighted by atomic mass is 28.3. The van der Waals surface area contributed by atoms with Gasteiger partial charge in [-0.05, 0) is 73.8 Å². The highest BCUT2D eigenvalue weighted by Crippen LogP contribution is 2.26. The summed E-state index contributed by atoms with van der Waals surface area (Å²) < 4.78 is 36.3. The molecule has 0 unspecified atom stereocenters. The van der Waals surface area contributed by atoms with Crippen molar-refractivity contribution >= 4 is 20.7 Å². The van der Waals surface area contributed by atoms with E-state index in [0.717, 1.165) is 44.5 Å². The standard InChI is InChI=1S/2C22H19FO3.C6H16Si.CH4/c2*23-20-12-10-19(11-13-20)18-8-6-16(7-9-18)14-21(24)22(25)26-15-17-4-2-1-3-5-17;1-6(2,3)7(4)5;/h2*1-13,21,24H,14-15H2;7H,1-5H3;1H4/t2*21-;;/m11../s1. The molecule has 9 heteroatoms. The van der Waals surface area contributed by atoms with Gasteiger partial charge in [0.15, 0.2) is 12.2 Å². The molecule has 6 rings (SSSR count). The molecule has 60 heavy (non-hydrogen) atoms. The number of halogens is 2. The lowest BCUT2D eigenvalue weighted by atomic mass is 10.0. The highest BCUT2D eigenvalue weighted by molar-refractivity contribution is 6.59. The van der Waals surface area contributed by atoms with E-state index in [2.05, 4.69) is 33.9 Å². The van der Waals surface area contributed by atoms with Crippen LogP contribution in [0.1, 0.15) is 50.5 Å². The number of aliphatic hydroxyl groups excluding tert-OH is 2. The molecule has 0 bridgehead atoms. The molecule has 0 aliphatic carbocycles. The van der Waals surface area contributed by atoms with E-state index in [0.29, 0.717) is 5.04 Å². The van der Waals surface area contributed by atoms with E-state index in [1.807, 2.05) is 109 Å². The van der Waals surface area contributed by atoms with Crippen LogP contribution in [0.25, 0.3) is 22.3 Å². The van der Waals surface area contributed by atoms with Crippen LogP contribution in [0.2, 0.25) is 18.1 Å². The van der Waals surface area contributed by atoms with Crippen molar-refractivity contribution in [3.05, 3.63) is 192 Å². The molecule has 0 radical (unpaired) electrons. The molecule has 6 aromatic carbocycles. The van der Waals surface area contributed by atoms with E-state index >= 15 is 0 Å². The first-order valence-corrected chi connectivity index (χ1v) is 22.5. The van der Waals surface area contributed by atoms with Crippen molar-refractivity contribution in [3.63, 3.8) is 0 Å². The van der Waals surface area contributed by atoms with E-state index in [-0.39, 0.29) is 53.9 Å². The van der Waals surface area contributed by atoms with E-state index < -0.39 is 24.1 Å². The lowest BCUT2D eigenvalue weighted by Crippen LogP contribution is -2.25. The topological polar surface area (TPSA) is 93.1 Å². The molecule has 2 N–H and O–H groups in total. The lowest BCUT2D eigenvalue weighted by molar-refractivity contribution is -0.155. The van der Waals surface area contributed by atoms with Crippen LogP contribution in [0.3, 0.4) is 0 Å². The number of ether oxygens (including phenoxy) is 2. The van der Waals surface area contributed by atoms with Gasteiger partial charge in [-0.1, -0.05) is 175 Å². The molecule has 316 valence electrons. The van der Waals surface area contributed by atoms with Crippen LogP contribution in [0.5, 0.6) is 0 Å². The van der Waals surface area contributed by atoms with Gasteiger partial charge in [-0.2, -0.15) is 0 Å². The second kappa shape index (κ2) is 24.4. The molecule has 2 atom stereocenters. The Morgan fingerprint density at radius 1 is 0.500 bits per heavy atom. The minimum absolute atomic E-state index is 0. The Labute approximate surface area is 356 Å². The normalized spacial score (nSPS) is 11.7. The Morgan fingerprint density at radius 2 is 0.767 bits per heavy atom. The third-order valence-corrected chi connectivity index (χ3v) is 13.3. The van der Waals surface area contributed by atoms with Gasteiger partial charge in [-0.3, -0.25) is 0 Å². The second-order valence-corrected chi connectivity index (χ2v) is 19.6. The highest BCUT2D eigenvalue weighted by Gasteiger charge is 2.19. The summed E-state index contributed by atoms with van der Waals surface area (Å²) >= 11 is 0. The quantitative estimate of drug-likeness (QED) is 0.0942. The molecule has 0 amide bonds. The van der Waals surface area contributed by atoms with Gasteiger partial charge in [-0.25, -0.2) is 18.4 Å². The maximum atomic E-state index is 13.0. The molecule has 0 heterocycles. The average Bonchev–Trinajstić information content (AvgIpc) is 3.24. The summed E-state index contributed by atoms with van der Waals surface area (Å²) in [6.45, 7) is 12.0. The Hall–Kier alpha value is -5.74. The van der Waals surface area contributed by atoms with Crippen molar-refractivity contribution in [3.8, 4) is 22.3 Å². The molecule has 0 saturated carbocycles. The molecule has 0 aromatic heterocycles. The number of rotatable bonds is 12. The van der Waals surface area contributed by atoms with Crippen molar-refractivity contribution < 1.29 is 38.1 Å². The first-order valence-electron chi connectivity index (χ1n) is 19.6. The van der Waals surface area contributed by atoms with Gasteiger partial charge >= 0.3 is 11.9 Å². The first-order chi connectivity index (χ1) is 28.2. The molecular formula is C51H58F2O6Si. The number of esters is 2. The number of aliphatic hydroxyl groups is 2. The van der Waals surface area contributed by atoms with Crippen LogP contribution in [0.4, 0.5) is 8.78 Å². The monoisotopic (exact) mass is 832 g/mol. The van der Waals surface area contributed by atoms with Gasteiger partial charge < -0.3 is 19.7 Å². The zero-order valence-corrected chi connectivity index (χ0v) is 35.5. The van der Waals surface area contributed by atoms with Gasteiger partial charge in [0, 0.05) is 21.6 Å². The summed E-state index contributed by atoms with van der Waals surface area (Å²) in [6, 6.07) is 46.0. The van der Waals surface area contributed by atoms with Crippen molar-refractivity contribution in [1.29, 1.82) is 0 Å². The van der Waals surface area contributed by atoms with Crippen molar-refractivity contribution in [2.24, 2.45) is 0 Å². The van der Waals surface area contributed by atoms with Gasteiger partial charge in [-0.15, -0.1) is 0 Å². The predicted molar refractivity (Wildman–Crippen MR) is 241 cm³/mol. The zero-order valence-electron chi connectivity index (χ0n) is 34.4. The molecule has 0 fully saturated rings. The Kier molecular flexibility index (Phi) is 19.7. The molecule has 0 aliphatic rings. The number of carbonyl (C=O) groups excluding carboxylic acids is 2. The summed E-state index contributed by atoms with van der Waals surface area (Å²) in [5.74, 6) is -1.84. The molecular weight excluding hydrogens is 775 g/mol. The molecule has 0 saturated heterocycles. The van der Waals surface area contributed by atoms with Gasteiger partial charge in [0.2, 0.25) is 0 Å². The van der Waals surface area contributed by atoms with Crippen LogP contribution in [-0.2, 0) is 45.1 Å². The minimum Gasteiger partial charge on any atom is -0.459 e. The van der Waals surface area contributed by atoms with Gasteiger partial charge in [0.25, 0.3) is 0 Å². The van der Waals surface area contributed by atoms with Crippen LogP contribution in [-0.4, -0.2) is 43.2 Å². The van der Waals surface area contributed by atoms with E-state index in [4.69, 9.17) is 9.47 Å². The SMILES string of the molecule is C.C[SiH](C)C(C)(C)C.O=C(OCc1ccccc1)[C@H](O)Cc1ccc(-c2ccc(F)cc2)cc1.O=C(OCc1ccccc1)[C@H](O)Cc1ccc(-c2ccc(F)cc2)cc1. The smallest absolute Gasteiger partial charge is 0.335 e. The zero-order chi connectivity index (χ0) is 42.8. The van der Waals surface area contributed by atoms with E-state index in [1.165, 1.54) is 24.3 Å². The summed E-state index contributed by atoms with van der Waals surface area (Å²) in [7, 11) is -0.359. The summed E-state index contributed by atoms with van der Waals surface area (Å²) in [4.78, 5) is 23.9. The number of benzene rings is 6. The Bertz CT molecular complexity index is 1990. The van der Waals surface area contributed by atoms with Crippen LogP contribution in [0.15, 0.2) is 158 Å². The van der Waals surface area contributed by atoms with Gasteiger partial charge in [0.1, 0.15) is 24.8 Å². The van der Waals surface area contributed by atoms with E-state index in [9.17, 15) is 28.6 Å². The molecule has 0 spiro atoms. The third-order valence-electron chi connectivity index (χ3n) is 9.85. The second-order valence-electron chi connectivity index (χ2n) is 15.6. The fraction of sp³-hybridized carbons (Fsp3) is 0.255. The van der Waals surface area contributed by atoms with Gasteiger partial charge in [0.05, 0.1) is 0 Å². The van der Waals surface area contributed by atoms with Crippen molar-refractivity contribution in [2.75, 3.05) is 0 Å². The molecule has 6 nitrogen and oxygen atoms in total. The predicted octanol–water partition coefficient (Wildman–Crippen LogP) is 11.2. The molecule has 6 aromatic rings.